The molecule has 0 radical (unpaired) electrons. The summed E-state index contributed by atoms with van der Waals surface area (Å²) in [5.74, 6) is 0.208. The zero-order valence-electron chi connectivity index (χ0n) is 23.5. The summed E-state index contributed by atoms with van der Waals surface area (Å²) >= 11 is 0. The van der Waals surface area contributed by atoms with Crippen molar-refractivity contribution in [2.75, 3.05) is 56.1 Å². The van der Waals surface area contributed by atoms with E-state index in [9.17, 15) is 14.7 Å². The number of carbonyl (C=O) groups excluding carboxylic acids is 2. The van der Waals surface area contributed by atoms with E-state index in [1.165, 1.54) is 0 Å². The summed E-state index contributed by atoms with van der Waals surface area (Å²) in [6.07, 6.45) is 3.36. The number of hydrogen-bond donors (Lipinski definition) is 2. The highest BCUT2D eigenvalue weighted by atomic mass is 16.6. The van der Waals surface area contributed by atoms with E-state index in [0.717, 1.165) is 73.4 Å². The van der Waals surface area contributed by atoms with Gasteiger partial charge in [-0.1, -0.05) is 13.0 Å². The van der Waals surface area contributed by atoms with Crippen LogP contribution in [0.5, 0.6) is 0 Å². The third-order valence-corrected chi connectivity index (χ3v) is 7.98. The van der Waals surface area contributed by atoms with Crippen LogP contribution in [0, 0.1) is 0 Å². The van der Waals surface area contributed by atoms with Gasteiger partial charge in [0.1, 0.15) is 6.54 Å². The van der Waals surface area contributed by atoms with Crippen LogP contribution in [0.25, 0.3) is 0 Å². The Balaban J connectivity index is 1.65. The van der Waals surface area contributed by atoms with Crippen molar-refractivity contribution in [1.29, 1.82) is 0 Å². The number of carbonyl (C=O) groups is 2. The zero-order valence-corrected chi connectivity index (χ0v) is 23.5. The van der Waals surface area contributed by atoms with Crippen molar-refractivity contribution in [1.82, 2.24) is 10.3 Å². The van der Waals surface area contributed by atoms with Crippen molar-refractivity contribution in [3.8, 4) is 0 Å². The maximum absolute atomic E-state index is 13.4. The summed E-state index contributed by atoms with van der Waals surface area (Å²) in [6.45, 7) is 14.0. The molecule has 37 heavy (non-hydrogen) atoms. The van der Waals surface area contributed by atoms with Crippen LogP contribution in [0.4, 0.5) is 16.2 Å². The molecular formula is C28H46N5O4+. The lowest BCUT2D eigenvalue weighted by atomic mass is 9.96. The second-order valence-electron chi connectivity index (χ2n) is 12.0. The fraction of sp³-hybridized carbons (Fsp3) is 0.714. The average molecular weight is 517 g/mol. The SMILES string of the molecule is CCC[N+]1(C)CC(c2ccc3c(c2)N(C(=O)OC2CCCCN2)CC(C)N3C(C)=O)CN1CC(C)(C)O. The number of likely N-dealkylation sites (N-methyl/N-ethyl adjacent to an activating group) is 1. The Morgan fingerprint density at radius 2 is 1.97 bits per heavy atom. The molecule has 0 spiro atoms. The minimum Gasteiger partial charge on any atom is -0.430 e. The Bertz CT molecular complexity index is 989. The molecule has 1 aromatic carbocycles. The molecule has 0 saturated carbocycles. The number of rotatable bonds is 6. The molecule has 3 heterocycles. The monoisotopic (exact) mass is 516 g/mol. The molecule has 2 fully saturated rings. The topological polar surface area (TPSA) is 85.4 Å². The number of piperidine rings is 1. The molecule has 1 aromatic rings. The highest BCUT2D eigenvalue weighted by molar-refractivity contribution is 6.02. The molecule has 9 nitrogen and oxygen atoms in total. The number of amides is 2. The van der Waals surface area contributed by atoms with E-state index in [1.807, 2.05) is 26.8 Å². The maximum Gasteiger partial charge on any atom is 0.416 e. The molecule has 4 unspecified atom stereocenters. The van der Waals surface area contributed by atoms with Gasteiger partial charge in [0, 0.05) is 13.5 Å². The van der Waals surface area contributed by atoms with Gasteiger partial charge >= 0.3 is 6.09 Å². The predicted octanol–water partition coefficient (Wildman–Crippen LogP) is 3.43. The van der Waals surface area contributed by atoms with Gasteiger partial charge in [-0.2, -0.15) is 5.01 Å². The molecule has 4 rings (SSSR count). The minimum absolute atomic E-state index is 0.0344. The summed E-state index contributed by atoms with van der Waals surface area (Å²) in [5.41, 5.74) is 1.84. The number of β-amino-alcohol motifs (C(OH)–C–C–N with tert-alkyl or cyclic N) is 1. The Morgan fingerprint density at radius 3 is 2.59 bits per heavy atom. The molecule has 0 bridgehead atoms. The first-order chi connectivity index (χ1) is 17.4. The first-order valence-corrected chi connectivity index (χ1v) is 13.9. The van der Waals surface area contributed by atoms with Crippen LogP contribution in [0.3, 0.4) is 0 Å². The fourth-order valence-corrected chi connectivity index (χ4v) is 6.36. The van der Waals surface area contributed by atoms with Gasteiger partial charge in [0.25, 0.3) is 0 Å². The number of ether oxygens (including phenoxy) is 1. The number of benzene rings is 1. The molecule has 3 aliphatic heterocycles. The third kappa shape index (κ3) is 6.11. The first-order valence-electron chi connectivity index (χ1n) is 13.9. The van der Waals surface area contributed by atoms with Gasteiger partial charge in [0.15, 0.2) is 6.23 Å². The van der Waals surface area contributed by atoms with Gasteiger partial charge in [0.05, 0.1) is 55.6 Å². The summed E-state index contributed by atoms with van der Waals surface area (Å²) in [6, 6.07) is 6.03. The molecule has 0 aromatic heterocycles. The lowest BCUT2D eigenvalue weighted by Gasteiger charge is -2.41. The van der Waals surface area contributed by atoms with Crippen LogP contribution in [-0.4, -0.2) is 90.9 Å². The van der Waals surface area contributed by atoms with E-state index >= 15 is 0 Å². The Morgan fingerprint density at radius 1 is 1.22 bits per heavy atom. The second kappa shape index (κ2) is 10.9. The molecule has 206 valence electrons. The van der Waals surface area contributed by atoms with Crippen LogP contribution >= 0.6 is 0 Å². The highest BCUT2D eigenvalue weighted by Crippen LogP contribution is 2.41. The molecule has 4 atom stereocenters. The van der Waals surface area contributed by atoms with E-state index in [1.54, 1.807) is 16.7 Å². The van der Waals surface area contributed by atoms with Crippen LogP contribution < -0.4 is 15.1 Å². The van der Waals surface area contributed by atoms with Crippen LogP contribution in [0.1, 0.15) is 71.8 Å². The van der Waals surface area contributed by atoms with E-state index < -0.39 is 5.60 Å². The second-order valence-corrected chi connectivity index (χ2v) is 12.0. The number of nitrogens with one attached hydrogen (secondary N) is 1. The van der Waals surface area contributed by atoms with Gasteiger partial charge in [-0.3, -0.25) is 15.0 Å². The quantitative estimate of drug-likeness (QED) is 0.564. The number of aliphatic hydroxyl groups is 1. The van der Waals surface area contributed by atoms with Gasteiger partial charge in [-0.05, 0) is 70.7 Å². The van der Waals surface area contributed by atoms with Crippen LogP contribution in [0.15, 0.2) is 18.2 Å². The molecule has 2 saturated heterocycles. The van der Waals surface area contributed by atoms with Crippen molar-refractivity contribution in [2.24, 2.45) is 0 Å². The molecule has 2 amide bonds. The van der Waals surface area contributed by atoms with Gasteiger partial charge in [-0.25, -0.2) is 9.39 Å². The van der Waals surface area contributed by atoms with Gasteiger partial charge in [-0.15, -0.1) is 0 Å². The zero-order chi connectivity index (χ0) is 27.0. The predicted molar refractivity (Wildman–Crippen MR) is 145 cm³/mol. The molecule has 2 N–H and O–H groups in total. The highest BCUT2D eigenvalue weighted by Gasteiger charge is 2.45. The van der Waals surface area contributed by atoms with Crippen molar-refractivity contribution in [3.05, 3.63) is 23.8 Å². The number of anilines is 2. The Hall–Kier alpha value is -2.20. The normalized spacial score (nSPS) is 28.8. The number of hydrogen-bond acceptors (Lipinski definition) is 6. The van der Waals surface area contributed by atoms with E-state index in [-0.39, 0.29) is 30.2 Å². The van der Waals surface area contributed by atoms with E-state index in [0.29, 0.717) is 13.1 Å². The average Bonchev–Trinajstić information content (AvgIpc) is 3.13. The lowest BCUT2D eigenvalue weighted by molar-refractivity contribution is -1.01. The smallest absolute Gasteiger partial charge is 0.416 e. The molecular weight excluding hydrogens is 470 g/mol. The standard InChI is InChI=1S/C28H46N5O4/c1-7-14-33(6)18-23(17-30(33)19-28(4,5)36)22-11-12-24-25(15-22)31(16-20(2)32(24)21(3)34)27(35)37-26-10-8-9-13-29-26/h11-12,15,20,23,26,29,36H,7-10,13-14,16-19H2,1-6H3/q+1. The van der Waals surface area contributed by atoms with Crippen molar-refractivity contribution in [2.45, 2.75) is 84.1 Å². The number of nitrogens with zero attached hydrogens (tertiary/aromatic N) is 4. The maximum atomic E-state index is 13.4. The van der Waals surface area contributed by atoms with Crippen LogP contribution in [-0.2, 0) is 9.53 Å². The van der Waals surface area contributed by atoms with Gasteiger partial charge < -0.3 is 14.7 Å². The minimum atomic E-state index is -0.788. The number of quaternary nitrogens is 1. The third-order valence-electron chi connectivity index (χ3n) is 7.98. The number of fused-ring (bicyclic) bond motifs is 1. The Labute approximate surface area is 221 Å². The van der Waals surface area contributed by atoms with Crippen molar-refractivity contribution < 1.29 is 24.0 Å². The van der Waals surface area contributed by atoms with Gasteiger partial charge in [0.2, 0.25) is 5.91 Å². The van der Waals surface area contributed by atoms with Crippen molar-refractivity contribution in [3.63, 3.8) is 0 Å². The summed E-state index contributed by atoms with van der Waals surface area (Å²) in [4.78, 5) is 29.5. The Kier molecular flexibility index (Phi) is 8.19. The van der Waals surface area contributed by atoms with Crippen LogP contribution in [0.2, 0.25) is 0 Å². The fourth-order valence-electron chi connectivity index (χ4n) is 6.36. The van der Waals surface area contributed by atoms with E-state index in [2.05, 4.69) is 36.4 Å². The lowest BCUT2D eigenvalue weighted by Crippen LogP contribution is -2.56. The summed E-state index contributed by atoms with van der Waals surface area (Å²) in [5, 5.41) is 16.2. The van der Waals surface area contributed by atoms with Crippen molar-refractivity contribution >= 4 is 23.4 Å². The molecule has 3 aliphatic rings. The summed E-state index contributed by atoms with van der Waals surface area (Å²) < 4.78 is 6.64. The van der Waals surface area contributed by atoms with E-state index in [4.69, 9.17) is 4.74 Å². The molecule has 9 heteroatoms. The first kappa shape index (κ1) is 27.8. The summed E-state index contributed by atoms with van der Waals surface area (Å²) in [7, 11) is 2.24. The largest absolute Gasteiger partial charge is 0.430 e. The molecule has 0 aliphatic carbocycles.